The Morgan fingerprint density at radius 2 is 0.400 bits per heavy atom. The fraction of sp³-hybridized carbons (Fsp3) is 1.00. The van der Waals surface area contributed by atoms with Gasteiger partial charge in [0, 0.05) is 0 Å². The first-order valence-corrected chi connectivity index (χ1v) is 34.8. The van der Waals surface area contributed by atoms with Gasteiger partial charge in [-0.05, 0) is 387 Å². The molecular weight excluding hydrogens is 841 g/mol. The largest absolute Gasteiger partial charge is 0.0533 e. The van der Waals surface area contributed by atoms with Crippen LogP contribution in [-0.2, 0) is 0 Å². The third-order valence-electron chi connectivity index (χ3n) is 50.3. The Labute approximate surface area is 410 Å². The second kappa shape index (κ2) is 5.63. The van der Waals surface area contributed by atoms with Crippen molar-refractivity contribution in [3.05, 3.63) is 0 Å². The molecule has 41 saturated carbocycles. The zero-order valence-corrected chi connectivity index (χ0v) is 40.9. The van der Waals surface area contributed by atoms with Gasteiger partial charge in [-0.25, -0.2) is 0 Å². The van der Waals surface area contributed by atoms with E-state index in [1.54, 1.807) is 51.4 Å². The summed E-state index contributed by atoms with van der Waals surface area (Å²) in [5.41, 5.74) is 22.7. The molecule has 0 aromatic heterocycles. The Kier molecular flexibility index (Phi) is 2.34. The van der Waals surface area contributed by atoms with Gasteiger partial charge in [-0.1, -0.05) is 25.7 Å². The summed E-state index contributed by atoms with van der Waals surface area (Å²) in [6, 6.07) is 0. The quantitative estimate of drug-likeness (QED) is 0.213. The first kappa shape index (κ1) is 29.1. The Morgan fingerprint density at radius 1 is 0.186 bits per heavy atom. The molecule has 0 N–H and O–H groups in total. The molecule has 0 amide bonds. The van der Waals surface area contributed by atoms with E-state index < -0.39 is 0 Å². The predicted molar refractivity (Wildman–Crippen MR) is 241 cm³/mol. The molecule has 0 heterocycles. The Morgan fingerprint density at radius 3 is 0.629 bits per heavy atom. The molecule has 70 heavy (non-hydrogen) atoms. The van der Waals surface area contributed by atoms with Crippen LogP contribution in [0.3, 0.4) is 0 Å². The molecule has 0 heteroatoms. The molecule has 41 fully saturated rings. The summed E-state index contributed by atoms with van der Waals surface area (Å²) in [5, 5.41) is 0. The predicted octanol–water partition coefficient (Wildman–Crippen LogP) is 10.4. The molecule has 0 aliphatic heterocycles. The summed E-state index contributed by atoms with van der Waals surface area (Å²) < 4.78 is 0. The van der Waals surface area contributed by atoms with Gasteiger partial charge in [0.25, 0.3) is 0 Å². The third kappa shape index (κ3) is 0.963. The Bertz CT molecular complexity index is 3300. The molecule has 44 atom stereocenters. The van der Waals surface area contributed by atoms with Crippen molar-refractivity contribution in [3.63, 3.8) is 0 Å². The van der Waals surface area contributed by atoms with E-state index in [0.717, 1.165) is 108 Å². The Balaban J connectivity index is 0.0000000865. The highest BCUT2D eigenvalue weighted by Gasteiger charge is 3.67. The number of rotatable bonds is 0. The minimum Gasteiger partial charge on any atom is -0.0533 e. The first-order valence-electron chi connectivity index (χ1n) is 34.8. The number of hydrogen-bond acceptors (Lipinski definition) is 0. The van der Waals surface area contributed by atoms with E-state index in [-0.39, 0.29) is 0 Å². The van der Waals surface area contributed by atoms with Gasteiger partial charge in [0.2, 0.25) is 0 Å². The fourth-order valence-corrected chi connectivity index (χ4v) is 58.1. The van der Waals surface area contributed by atoms with E-state index >= 15 is 0 Å². The lowest BCUT2D eigenvalue weighted by Crippen LogP contribution is -3.65. The Hall–Kier alpha value is 0. The minimum atomic E-state index is 1.11. The van der Waals surface area contributed by atoms with Crippen molar-refractivity contribution in [1.29, 1.82) is 0 Å². The summed E-state index contributed by atoms with van der Waals surface area (Å²) in [6.45, 7) is 0. The molecule has 41 aliphatic rings. The summed E-state index contributed by atoms with van der Waals surface area (Å²) in [6.07, 6.45) is 26.3. The van der Waals surface area contributed by atoms with Crippen LogP contribution < -0.4 is 0 Å². The summed E-state index contributed by atoms with van der Waals surface area (Å²) in [4.78, 5) is 0. The van der Waals surface area contributed by atoms with E-state index in [0.29, 0.717) is 0 Å². The summed E-state index contributed by atoms with van der Waals surface area (Å²) in [7, 11) is 0. The highest BCUT2D eigenvalue weighted by Crippen LogP contribution is 3.68. The maximum Gasteiger partial charge on any atom is -0.000395 e. The SMILES string of the molecule is C1C2C3C4C5CC6C7C8C9C%10CC%11C%12C%13C%14CC%15C%16C%17C%18C1C21C32C43C56C74C85C96C%11%10C%127C%138C%14%15C%169C%17%10C%181C21C34C52C76C89C%1012.C1CC2C1C1C2C2C3C4CCC4C3C12.C1CC2C1C1C3CCC3C21.C1CCC1. The van der Waals surface area contributed by atoms with E-state index in [2.05, 4.69) is 0 Å². The van der Waals surface area contributed by atoms with Crippen molar-refractivity contribution in [3.8, 4) is 0 Å². The van der Waals surface area contributed by atoms with Crippen LogP contribution in [0.15, 0.2) is 0 Å². The van der Waals surface area contributed by atoms with Gasteiger partial charge < -0.3 is 0 Å². The van der Waals surface area contributed by atoms with Crippen molar-refractivity contribution in [2.75, 3.05) is 0 Å². The van der Waals surface area contributed by atoms with Crippen LogP contribution in [0.25, 0.3) is 0 Å². The second-order valence-corrected chi connectivity index (χ2v) is 40.8. The van der Waals surface area contributed by atoms with Gasteiger partial charge in [-0.15, -0.1) is 0 Å². The monoisotopic (exact) mass is 907 g/mol. The molecular formula is C70H66. The van der Waals surface area contributed by atoms with Gasteiger partial charge in [0.1, 0.15) is 0 Å². The molecule has 0 aromatic rings. The molecule has 0 radical (unpaired) electrons. The molecule has 41 rings (SSSR count). The van der Waals surface area contributed by atoms with Crippen molar-refractivity contribution in [2.24, 2.45) is 310 Å². The van der Waals surface area contributed by atoms with Crippen LogP contribution >= 0.6 is 0 Å². The molecule has 44 unspecified atom stereocenters. The highest BCUT2D eigenvalue weighted by molar-refractivity contribution is 6.11. The van der Waals surface area contributed by atoms with Crippen LogP contribution in [0.5, 0.6) is 0 Å². The minimum absolute atomic E-state index is 1.11. The van der Waals surface area contributed by atoms with Crippen LogP contribution in [0, 0.1) is 310 Å². The first-order chi connectivity index (χ1) is 34.8. The summed E-state index contributed by atoms with van der Waals surface area (Å²) >= 11 is 0. The molecule has 20 spiro atoms. The zero-order chi connectivity index (χ0) is 40.9. The standard InChI is InChI=1S/C42H26.C14H18.C10H14.C4H8/c1-5-13-14-6-2-11-19-22-20-12-4-8-16-15-7-3-10-18-21-17-9(1)23(5)27(13)28(14)24(6,11)33(19)36(22)34(20)26(8,12)30(16)29(15)25(7,10)32(18)35(21)31(17,23)37(27)38(28,33)42(36)40(30,34)39(29,32)41(35,37)42;1-2-6-5(1)9-10(6)14-12-8-4-3-7(8)11(12)13(9)14;1-2-6-5(1)9-7-3-4-8(7)10(6)9;1-2-4-3-1/h5-22H,1-4H2;5-14H,1-4H2;5-10H,1-4H2;1-4H2. The average Bonchev–Trinajstić information content (AvgIpc) is 0.442. The topological polar surface area (TPSA) is 0 Å². The van der Waals surface area contributed by atoms with Crippen LogP contribution in [-0.4, -0.2) is 0 Å². The molecule has 346 valence electrons. The van der Waals surface area contributed by atoms with E-state index in [1.165, 1.54) is 227 Å². The summed E-state index contributed by atoms with van der Waals surface area (Å²) in [5.74, 6) is 45.4. The average molecular weight is 907 g/mol. The maximum absolute atomic E-state index is 1.84. The molecule has 0 nitrogen and oxygen atoms in total. The van der Waals surface area contributed by atoms with E-state index in [1.807, 2.05) is 25.7 Å². The van der Waals surface area contributed by atoms with Crippen LogP contribution in [0.1, 0.15) is 103 Å². The second-order valence-electron chi connectivity index (χ2n) is 40.8. The smallest absolute Gasteiger partial charge is 0.000395 e. The molecule has 41 aliphatic carbocycles. The van der Waals surface area contributed by atoms with Crippen molar-refractivity contribution in [2.45, 2.75) is 103 Å². The lowest BCUT2D eigenvalue weighted by molar-refractivity contribution is -1.21. The fourth-order valence-electron chi connectivity index (χ4n) is 58.1. The van der Waals surface area contributed by atoms with Gasteiger partial charge in [-0.2, -0.15) is 0 Å². The number of fused-ring (bicyclic) bond motifs is 34. The lowest BCUT2D eigenvalue weighted by Gasteiger charge is -3.65. The van der Waals surface area contributed by atoms with Gasteiger partial charge in [0.05, 0.1) is 0 Å². The molecule has 0 bridgehead atoms. The van der Waals surface area contributed by atoms with Crippen LogP contribution in [0.2, 0.25) is 0 Å². The van der Waals surface area contributed by atoms with Gasteiger partial charge >= 0.3 is 0 Å². The van der Waals surface area contributed by atoms with Crippen LogP contribution in [0.4, 0.5) is 0 Å². The van der Waals surface area contributed by atoms with E-state index in [9.17, 15) is 0 Å². The van der Waals surface area contributed by atoms with Crippen molar-refractivity contribution >= 4 is 0 Å². The lowest BCUT2D eigenvalue weighted by atomic mass is 8.36. The van der Waals surface area contributed by atoms with Crippen molar-refractivity contribution in [1.82, 2.24) is 0 Å². The normalized spacial score (nSPS) is 113. The maximum atomic E-state index is 1.84. The van der Waals surface area contributed by atoms with Gasteiger partial charge in [0.15, 0.2) is 0 Å². The molecule has 0 aromatic carbocycles. The van der Waals surface area contributed by atoms with Crippen molar-refractivity contribution < 1.29 is 0 Å². The molecule has 0 saturated heterocycles. The number of hydrogen-bond donors (Lipinski definition) is 0. The third-order valence-corrected chi connectivity index (χ3v) is 50.3. The van der Waals surface area contributed by atoms with Gasteiger partial charge in [-0.3, -0.25) is 0 Å². The van der Waals surface area contributed by atoms with E-state index in [4.69, 9.17) is 0 Å². The zero-order valence-electron chi connectivity index (χ0n) is 40.9. The highest BCUT2D eigenvalue weighted by atomic mass is 15.7.